The highest BCUT2D eigenvalue weighted by Gasteiger charge is 2.13. The van der Waals surface area contributed by atoms with Gasteiger partial charge in [0.05, 0.1) is 6.61 Å². The first-order valence-corrected chi connectivity index (χ1v) is 7.43. The molecular weight excluding hydrogens is 298 g/mol. The molecular formula is C18H20ClNO2. The Bertz CT molecular complexity index is 629. The summed E-state index contributed by atoms with van der Waals surface area (Å²) in [6.45, 7) is 8.33. The van der Waals surface area contributed by atoms with Gasteiger partial charge in [0, 0.05) is 5.03 Å². The Morgan fingerprint density at radius 3 is 2.32 bits per heavy atom. The summed E-state index contributed by atoms with van der Waals surface area (Å²) < 4.78 is 4.78. The molecule has 22 heavy (non-hydrogen) atoms. The number of halogens is 1. The molecule has 0 bridgehead atoms. The largest absolute Gasteiger partial charge is 0.462 e. The average molecular weight is 318 g/mol. The summed E-state index contributed by atoms with van der Waals surface area (Å²) in [5.74, 6) is -0.645. The summed E-state index contributed by atoms with van der Waals surface area (Å²) >= 11 is 6.21. The van der Waals surface area contributed by atoms with Crippen molar-refractivity contribution in [1.82, 2.24) is 0 Å². The zero-order valence-electron chi connectivity index (χ0n) is 13.3. The normalized spacial score (nSPS) is 12.7. The highest BCUT2D eigenvalue weighted by atomic mass is 35.5. The number of esters is 1. The van der Waals surface area contributed by atoms with Crippen molar-refractivity contribution in [2.24, 2.45) is 0 Å². The van der Waals surface area contributed by atoms with Gasteiger partial charge in [0.1, 0.15) is 11.6 Å². The molecule has 0 saturated heterocycles. The minimum atomic E-state index is -0.645. The van der Waals surface area contributed by atoms with Gasteiger partial charge in [0.15, 0.2) is 0 Å². The SMILES string of the molecule is CCOC(=O)/C(C#N)=C/C=C(\Cl)c1ccc(C(C)(C)C)cc1. The van der Waals surface area contributed by atoms with Crippen LogP contribution >= 0.6 is 11.6 Å². The van der Waals surface area contributed by atoms with E-state index in [9.17, 15) is 4.79 Å². The number of carbonyl (C=O) groups is 1. The first-order valence-electron chi connectivity index (χ1n) is 7.05. The van der Waals surface area contributed by atoms with Crippen molar-refractivity contribution < 1.29 is 9.53 Å². The summed E-state index contributed by atoms with van der Waals surface area (Å²) in [5, 5.41) is 9.40. The lowest BCUT2D eigenvalue weighted by atomic mass is 9.87. The summed E-state index contributed by atoms with van der Waals surface area (Å²) in [6.07, 6.45) is 2.90. The van der Waals surface area contributed by atoms with Crippen LogP contribution in [0.5, 0.6) is 0 Å². The number of allylic oxidation sites excluding steroid dienone is 2. The summed E-state index contributed by atoms with van der Waals surface area (Å²) in [6, 6.07) is 9.69. The second-order valence-corrected chi connectivity index (χ2v) is 6.16. The van der Waals surface area contributed by atoms with Gasteiger partial charge in [0.2, 0.25) is 0 Å². The maximum absolute atomic E-state index is 11.5. The number of hydrogen-bond acceptors (Lipinski definition) is 3. The maximum Gasteiger partial charge on any atom is 0.348 e. The lowest BCUT2D eigenvalue weighted by molar-refractivity contribution is -0.138. The van der Waals surface area contributed by atoms with Gasteiger partial charge in [0.25, 0.3) is 0 Å². The number of carbonyl (C=O) groups excluding carboxylic acids is 1. The number of rotatable bonds is 4. The second-order valence-electron chi connectivity index (χ2n) is 5.75. The summed E-state index contributed by atoms with van der Waals surface area (Å²) in [4.78, 5) is 11.5. The van der Waals surface area contributed by atoms with Gasteiger partial charge in [-0.2, -0.15) is 5.26 Å². The van der Waals surface area contributed by atoms with Crippen molar-refractivity contribution in [3.05, 3.63) is 53.1 Å². The zero-order valence-corrected chi connectivity index (χ0v) is 14.1. The van der Waals surface area contributed by atoms with Crippen LogP contribution in [0.1, 0.15) is 38.8 Å². The Labute approximate surface area is 136 Å². The van der Waals surface area contributed by atoms with Crippen LogP contribution in [0.2, 0.25) is 0 Å². The Kier molecular flexibility index (Phi) is 6.39. The molecule has 4 heteroatoms. The van der Waals surface area contributed by atoms with E-state index in [0.29, 0.717) is 5.03 Å². The standard InChI is InChI=1S/C18H20ClNO2/c1-5-22-17(21)14(12-20)8-11-16(19)13-6-9-15(10-7-13)18(2,3)4/h6-11H,5H2,1-4H3/b14-8+,16-11-. The number of nitriles is 1. The molecule has 1 rings (SSSR count). The molecule has 0 aliphatic heterocycles. The Morgan fingerprint density at radius 1 is 1.27 bits per heavy atom. The molecule has 0 amide bonds. The Morgan fingerprint density at radius 2 is 1.86 bits per heavy atom. The van der Waals surface area contributed by atoms with E-state index < -0.39 is 5.97 Å². The summed E-state index contributed by atoms with van der Waals surface area (Å²) in [5.41, 5.74) is 2.03. The third-order valence-electron chi connectivity index (χ3n) is 3.04. The van der Waals surface area contributed by atoms with E-state index in [1.807, 2.05) is 24.3 Å². The molecule has 3 nitrogen and oxygen atoms in total. The smallest absolute Gasteiger partial charge is 0.348 e. The average Bonchev–Trinajstić information content (AvgIpc) is 2.47. The predicted molar refractivity (Wildman–Crippen MR) is 89.3 cm³/mol. The number of benzene rings is 1. The molecule has 0 aliphatic carbocycles. The number of ether oxygens (including phenoxy) is 1. The Balaban J connectivity index is 2.98. The molecule has 0 saturated carbocycles. The minimum Gasteiger partial charge on any atom is -0.462 e. The second kappa shape index (κ2) is 7.82. The van der Waals surface area contributed by atoms with Crippen LogP contribution in [0.3, 0.4) is 0 Å². The van der Waals surface area contributed by atoms with Crippen molar-refractivity contribution in [2.75, 3.05) is 6.61 Å². The first-order chi connectivity index (χ1) is 10.3. The van der Waals surface area contributed by atoms with Crippen LogP contribution in [0.4, 0.5) is 0 Å². The molecule has 0 radical (unpaired) electrons. The fourth-order valence-corrected chi connectivity index (χ4v) is 1.93. The van der Waals surface area contributed by atoms with E-state index in [2.05, 4.69) is 20.8 Å². The number of hydrogen-bond donors (Lipinski definition) is 0. The van der Waals surface area contributed by atoms with E-state index >= 15 is 0 Å². The molecule has 1 aromatic carbocycles. The topological polar surface area (TPSA) is 50.1 Å². The fraction of sp³-hybridized carbons (Fsp3) is 0.333. The van der Waals surface area contributed by atoms with Gasteiger partial charge in [-0.1, -0.05) is 56.6 Å². The molecule has 0 spiro atoms. The van der Waals surface area contributed by atoms with E-state index in [-0.39, 0.29) is 17.6 Å². The first kappa shape index (κ1) is 18.0. The number of nitrogens with zero attached hydrogens (tertiary/aromatic N) is 1. The lowest BCUT2D eigenvalue weighted by Gasteiger charge is -2.19. The van der Waals surface area contributed by atoms with Gasteiger partial charge >= 0.3 is 5.97 Å². The van der Waals surface area contributed by atoms with E-state index in [4.69, 9.17) is 21.6 Å². The quantitative estimate of drug-likeness (QED) is 0.353. The van der Waals surface area contributed by atoms with Crippen molar-refractivity contribution in [1.29, 1.82) is 5.26 Å². The van der Waals surface area contributed by atoms with E-state index in [1.165, 1.54) is 17.7 Å². The van der Waals surface area contributed by atoms with Crippen LogP contribution in [0.15, 0.2) is 42.0 Å². The highest BCUT2D eigenvalue weighted by molar-refractivity contribution is 6.48. The molecule has 0 unspecified atom stereocenters. The van der Waals surface area contributed by atoms with Gasteiger partial charge in [-0.05, 0) is 35.6 Å². The molecule has 0 N–H and O–H groups in total. The minimum absolute atomic E-state index is 0.0759. The maximum atomic E-state index is 11.5. The fourth-order valence-electron chi connectivity index (χ4n) is 1.74. The summed E-state index contributed by atoms with van der Waals surface area (Å²) in [7, 11) is 0. The van der Waals surface area contributed by atoms with Gasteiger partial charge in [-0.25, -0.2) is 4.79 Å². The van der Waals surface area contributed by atoms with Crippen LogP contribution in [-0.2, 0) is 14.9 Å². The third kappa shape index (κ3) is 5.05. The molecule has 1 aromatic rings. The van der Waals surface area contributed by atoms with E-state index in [1.54, 1.807) is 13.0 Å². The van der Waals surface area contributed by atoms with Crippen LogP contribution in [0, 0.1) is 11.3 Å². The monoisotopic (exact) mass is 317 g/mol. The van der Waals surface area contributed by atoms with Crippen molar-refractivity contribution >= 4 is 22.6 Å². The third-order valence-corrected chi connectivity index (χ3v) is 3.38. The highest BCUT2D eigenvalue weighted by Crippen LogP contribution is 2.25. The van der Waals surface area contributed by atoms with Gasteiger partial charge < -0.3 is 4.74 Å². The van der Waals surface area contributed by atoms with Gasteiger partial charge in [-0.15, -0.1) is 0 Å². The molecule has 0 aliphatic rings. The molecule has 0 aromatic heterocycles. The van der Waals surface area contributed by atoms with Crippen LogP contribution in [-0.4, -0.2) is 12.6 Å². The van der Waals surface area contributed by atoms with Crippen LogP contribution in [0.25, 0.3) is 5.03 Å². The van der Waals surface area contributed by atoms with Crippen LogP contribution < -0.4 is 0 Å². The zero-order chi connectivity index (χ0) is 16.8. The predicted octanol–water partition coefficient (Wildman–Crippen LogP) is 4.58. The lowest BCUT2D eigenvalue weighted by Crippen LogP contribution is -2.10. The molecule has 0 fully saturated rings. The van der Waals surface area contributed by atoms with Crippen molar-refractivity contribution in [3.63, 3.8) is 0 Å². The van der Waals surface area contributed by atoms with E-state index in [0.717, 1.165) is 5.56 Å². The Hall–Kier alpha value is -2.05. The van der Waals surface area contributed by atoms with Gasteiger partial charge in [-0.3, -0.25) is 0 Å². The molecule has 0 atom stereocenters. The van der Waals surface area contributed by atoms with Crippen molar-refractivity contribution in [2.45, 2.75) is 33.1 Å². The molecule has 0 heterocycles. The molecule has 116 valence electrons. The van der Waals surface area contributed by atoms with Crippen molar-refractivity contribution in [3.8, 4) is 6.07 Å².